The Balaban J connectivity index is 2.24. The van der Waals surface area contributed by atoms with Crippen LogP contribution < -0.4 is 0 Å². The third-order valence-corrected chi connectivity index (χ3v) is 3.21. The van der Waals surface area contributed by atoms with Crippen LogP contribution in [0.25, 0.3) is 0 Å². The summed E-state index contributed by atoms with van der Waals surface area (Å²) in [7, 11) is 0. The van der Waals surface area contributed by atoms with Gasteiger partial charge in [0.2, 0.25) is 0 Å². The van der Waals surface area contributed by atoms with Crippen molar-refractivity contribution in [2.75, 3.05) is 6.61 Å². The van der Waals surface area contributed by atoms with E-state index in [1.54, 1.807) is 0 Å². The maximum atomic E-state index is 12.5. The van der Waals surface area contributed by atoms with E-state index < -0.39 is 17.8 Å². The van der Waals surface area contributed by atoms with Gasteiger partial charge in [0.15, 0.2) is 6.10 Å². The second kappa shape index (κ2) is 5.21. The maximum Gasteiger partial charge on any atom is 0.416 e. The summed E-state index contributed by atoms with van der Waals surface area (Å²) in [6.07, 6.45) is -4.06. The van der Waals surface area contributed by atoms with Crippen LogP contribution in [0, 0.1) is 5.92 Å². The first-order chi connectivity index (χ1) is 8.97. The third kappa shape index (κ3) is 2.73. The van der Waals surface area contributed by atoms with Gasteiger partial charge in [-0.1, -0.05) is 24.2 Å². The number of benzene rings is 1. The Morgan fingerprint density at radius 3 is 2.37 bits per heavy atom. The van der Waals surface area contributed by atoms with Crippen molar-refractivity contribution >= 4 is 5.71 Å². The van der Waals surface area contributed by atoms with Crippen molar-refractivity contribution in [3.63, 3.8) is 0 Å². The Morgan fingerprint density at radius 2 is 1.89 bits per heavy atom. The van der Waals surface area contributed by atoms with Crippen LogP contribution in [0.15, 0.2) is 29.4 Å². The second-order valence-corrected chi connectivity index (χ2v) is 4.39. The molecule has 0 bridgehead atoms. The summed E-state index contributed by atoms with van der Waals surface area (Å²) in [5, 5.41) is 13.0. The smallest absolute Gasteiger partial charge is 0.392 e. The molecule has 1 aliphatic heterocycles. The molecule has 0 amide bonds. The van der Waals surface area contributed by atoms with E-state index in [0.717, 1.165) is 12.1 Å². The van der Waals surface area contributed by atoms with Crippen molar-refractivity contribution in [3.8, 4) is 0 Å². The molecule has 19 heavy (non-hydrogen) atoms. The summed E-state index contributed by atoms with van der Waals surface area (Å²) >= 11 is 0. The minimum absolute atomic E-state index is 0.0956. The lowest BCUT2D eigenvalue weighted by Gasteiger charge is -2.15. The molecule has 1 aromatic rings. The number of rotatable bonds is 3. The summed E-state index contributed by atoms with van der Waals surface area (Å²) in [4.78, 5) is 5.09. The van der Waals surface area contributed by atoms with Crippen LogP contribution in [0.4, 0.5) is 13.2 Å². The fourth-order valence-electron chi connectivity index (χ4n) is 2.16. The van der Waals surface area contributed by atoms with E-state index in [4.69, 9.17) is 9.94 Å². The first kappa shape index (κ1) is 13.9. The molecular formula is C13H14F3NO2. The van der Waals surface area contributed by atoms with E-state index >= 15 is 0 Å². The first-order valence-corrected chi connectivity index (χ1v) is 5.99. The molecule has 2 atom stereocenters. The van der Waals surface area contributed by atoms with Crippen LogP contribution >= 0.6 is 0 Å². The number of aliphatic hydroxyl groups excluding tert-OH is 1. The normalized spacial score (nSPS) is 23.1. The van der Waals surface area contributed by atoms with Gasteiger partial charge in [-0.2, -0.15) is 13.2 Å². The topological polar surface area (TPSA) is 41.8 Å². The molecule has 0 aliphatic carbocycles. The lowest BCUT2D eigenvalue weighted by molar-refractivity contribution is -0.137. The molecule has 1 N–H and O–H groups in total. The number of halogens is 3. The van der Waals surface area contributed by atoms with Gasteiger partial charge in [-0.3, -0.25) is 0 Å². The van der Waals surface area contributed by atoms with Gasteiger partial charge in [-0.15, -0.1) is 0 Å². The third-order valence-electron chi connectivity index (χ3n) is 3.21. The van der Waals surface area contributed by atoms with E-state index in [2.05, 4.69) is 5.16 Å². The summed E-state index contributed by atoms with van der Waals surface area (Å²) in [5.41, 5.74) is 0.494. The van der Waals surface area contributed by atoms with Gasteiger partial charge in [0.25, 0.3) is 0 Å². The molecule has 0 unspecified atom stereocenters. The molecule has 0 aromatic heterocycles. The Morgan fingerprint density at radius 1 is 1.26 bits per heavy atom. The van der Waals surface area contributed by atoms with Crippen molar-refractivity contribution < 1.29 is 23.1 Å². The molecule has 104 valence electrons. The second-order valence-electron chi connectivity index (χ2n) is 4.39. The van der Waals surface area contributed by atoms with Crippen molar-refractivity contribution in [2.45, 2.75) is 25.6 Å². The van der Waals surface area contributed by atoms with Gasteiger partial charge in [0, 0.05) is 5.92 Å². The average Bonchev–Trinajstić information content (AvgIpc) is 2.80. The predicted octanol–water partition coefficient (Wildman–Crippen LogP) is 2.83. The standard InChI is InChI=1S/C13H14F3NO2/c1-2-10-11(7-18)19-17-12(10)8-3-5-9(6-4-8)13(14,15)16/h3-6,10-11,18H,2,7H2,1H3/t10-,11+/m1/s1. The van der Waals surface area contributed by atoms with E-state index in [0.29, 0.717) is 17.7 Å². The van der Waals surface area contributed by atoms with Crippen LogP contribution in [0.5, 0.6) is 0 Å². The van der Waals surface area contributed by atoms with Gasteiger partial charge >= 0.3 is 6.18 Å². The molecule has 0 spiro atoms. The highest BCUT2D eigenvalue weighted by atomic mass is 19.4. The fraction of sp³-hybridized carbons (Fsp3) is 0.462. The summed E-state index contributed by atoms with van der Waals surface area (Å²) < 4.78 is 37.4. The van der Waals surface area contributed by atoms with Gasteiger partial charge < -0.3 is 9.94 Å². The van der Waals surface area contributed by atoms with E-state index in [-0.39, 0.29) is 12.5 Å². The van der Waals surface area contributed by atoms with Gasteiger partial charge in [-0.05, 0) is 24.1 Å². The number of alkyl halides is 3. The molecule has 0 fully saturated rings. The van der Waals surface area contributed by atoms with E-state index in [1.807, 2.05) is 6.92 Å². The Bertz CT molecular complexity index is 468. The van der Waals surface area contributed by atoms with Crippen LogP contribution in [0.1, 0.15) is 24.5 Å². The number of nitrogens with zero attached hydrogens (tertiary/aromatic N) is 1. The molecule has 2 rings (SSSR count). The number of hydrogen-bond donors (Lipinski definition) is 1. The van der Waals surface area contributed by atoms with Crippen molar-refractivity contribution in [1.29, 1.82) is 0 Å². The quantitative estimate of drug-likeness (QED) is 0.920. The summed E-state index contributed by atoms with van der Waals surface area (Å²) in [6, 6.07) is 4.81. The SMILES string of the molecule is CC[C@H]1C(c2ccc(C(F)(F)F)cc2)=NO[C@H]1CO. The molecule has 1 aliphatic rings. The highest BCUT2D eigenvalue weighted by Gasteiger charge is 2.34. The highest BCUT2D eigenvalue weighted by Crippen LogP contribution is 2.31. The molecule has 0 radical (unpaired) electrons. The maximum absolute atomic E-state index is 12.5. The fourth-order valence-corrected chi connectivity index (χ4v) is 2.16. The predicted molar refractivity (Wildman–Crippen MR) is 63.7 cm³/mol. The van der Waals surface area contributed by atoms with E-state index in [9.17, 15) is 13.2 Å². The Labute approximate surface area is 108 Å². The van der Waals surface area contributed by atoms with Crippen molar-refractivity contribution in [3.05, 3.63) is 35.4 Å². The molecular weight excluding hydrogens is 259 g/mol. The summed E-state index contributed by atoms with van der Waals surface area (Å²) in [6.45, 7) is 1.76. The molecule has 1 aromatic carbocycles. The van der Waals surface area contributed by atoms with Crippen LogP contribution in [-0.4, -0.2) is 23.5 Å². The number of hydrogen-bond acceptors (Lipinski definition) is 3. The Kier molecular flexibility index (Phi) is 3.80. The zero-order valence-corrected chi connectivity index (χ0v) is 10.3. The lowest BCUT2D eigenvalue weighted by atomic mass is 9.90. The average molecular weight is 273 g/mol. The minimum atomic E-state index is -4.34. The largest absolute Gasteiger partial charge is 0.416 e. The molecule has 3 nitrogen and oxygen atoms in total. The van der Waals surface area contributed by atoms with Gasteiger partial charge in [-0.25, -0.2) is 0 Å². The van der Waals surface area contributed by atoms with Crippen LogP contribution in [0.3, 0.4) is 0 Å². The molecule has 0 saturated heterocycles. The Hall–Kier alpha value is -1.56. The first-order valence-electron chi connectivity index (χ1n) is 5.99. The van der Waals surface area contributed by atoms with Crippen molar-refractivity contribution in [1.82, 2.24) is 0 Å². The summed E-state index contributed by atoms with van der Waals surface area (Å²) in [5.74, 6) is -0.0956. The minimum Gasteiger partial charge on any atom is -0.392 e. The molecule has 1 heterocycles. The van der Waals surface area contributed by atoms with Crippen LogP contribution in [-0.2, 0) is 11.0 Å². The molecule has 0 saturated carbocycles. The molecule has 6 heteroatoms. The zero-order valence-electron chi connectivity index (χ0n) is 10.3. The highest BCUT2D eigenvalue weighted by molar-refractivity contribution is 6.03. The monoisotopic (exact) mass is 273 g/mol. The van der Waals surface area contributed by atoms with Crippen LogP contribution in [0.2, 0.25) is 0 Å². The van der Waals surface area contributed by atoms with Gasteiger partial charge in [0.05, 0.1) is 17.9 Å². The number of aliphatic hydroxyl groups is 1. The zero-order chi connectivity index (χ0) is 14.0. The lowest BCUT2D eigenvalue weighted by Crippen LogP contribution is -2.26. The van der Waals surface area contributed by atoms with Crippen molar-refractivity contribution in [2.24, 2.45) is 11.1 Å². The van der Waals surface area contributed by atoms with E-state index in [1.165, 1.54) is 12.1 Å². The number of oxime groups is 1. The van der Waals surface area contributed by atoms with Gasteiger partial charge in [0.1, 0.15) is 0 Å².